The van der Waals surface area contributed by atoms with Gasteiger partial charge in [0.05, 0.1) is 0 Å². The first-order chi connectivity index (χ1) is 10.7. The van der Waals surface area contributed by atoms with Crippen molar-refractivity contribution in [1.82, 2.24) is 9.55 Å². The number of rotatable bonds is 3. The van der Waals surface area contributed by atoms with Crippen LogP contribution in [0, 0.1) is 29.1 Å². The molecule has 0 amide bonds. The Labute approximate surface area is 122 Å². The molecule has 0 saturated heterocycles. The lowest BCUT2D eigenvalue weighted by atomic mass is 10.2. The predicted molar refractivity (Wildman–Crippen MR) is 63.2 cm³/mol. The smallest absolute Gasteiger partial charge is 0.331 e. The number of hydrogen-bond acceptors (Lipinski definition) is 4. The highest BCUT2D eigenvalue weighted by molar-refractivity contribution is 5.72. The van der Waals surface area contributed by atoms with Crippen LogP contribution in [-0.2, 0) is 11.3 Å². The highest BCUT2D eigenvalue weighted by Gasteiger charge is 2.28. The van der Waals surface area contributed by atoms with Crippen LogP contribution in [0.2, 0.25) is 0 Å². The van der Waals surface area contributed by atoms with Gasteiger partial charge in [-0.2, -0.15) is 8.78 Å². The topological polar surface area (TPSA) is 81.2 Å². The maximum Gasteiger partial charge on any atom is 0.331 e. The first kappa shape index (κ1) is 16.4. The van der Waals surface area contributed by atoms with Gasteiger partial charge in [0, 0.05) is 12.3 Å². The van der Waals surface area contributed by atoms with E-state index in [0.29, 0.717) is 4.57 Å². The summed E-state index contributed by atoms with van der Waals surface area (Å²) in [5, 5.41) is 0. The summed E-state index contributed by atoms with van der Waals surface area (Å²) in [7, 11) is 0. The number of halogens is 5. The van der Waals surface area contributed by atoms with Crippen LogP contribution in [-0.4, -0.2) is 15.5 Å². The number of carbonyl (C=O) groups excluding carboxylic acids is 1. The number of nitrogens with zero attached hydrogens (tertiary/aromatic N) is 1. The second kappa shape index (κ2) is 6.02. The third-order valence-electron chi connectivity index (χ3n) is 2.62. The zero-order chi connectivity index (χ0) is 17.3. The summed E-state index contributed by atoms with van der Waals surface area (Å²) in [6.45, 7) is -1.10. The van der Waals surface area contributed by atoms with E-state index in [-0.39, 0.29) is 0 Å². The molecule has 0 spiro atoms. The van der Waals surface area contributed by atoms with Gasteiger partial charge in [-0.05, 0) is 0 Å². The maximum atomic E-state index is 13.3. The Morgan fingerprint density at radius 3 is 2.04 bits per heavy atom. The second-order valence-electron chi connectivity index (χ2n) is 4.08. The van der Waals surface area contributed by atoms with Crippen LogP contribution in [0.1, 0.15) is 0 Å². The lowest BCUT2D eigenvalue weighted by Crippen LogP contribution is -2.37. The number of ether oxygens (including phenoxy) is 1. The van der Waals surface area contributed by atoms with E-state index >= 15 is 0 Å². The Balaban J connectivity index is 2.35. The van der Waals surface area contributed by atoms with Gasteiger partial charge in [0.1, 0.15) is 6.54 Å². The molecule has 1 N–H and O–H groups in total. The standard InChI is InChI=1S/C12H5F5N2O4/c13-6-7(14)9(16)11(10(17)8(6)15)23-5(21)3-19-4(20)1-2-18-12(19)22/h1-2H,3H2,(H,18,22). The van der Waals surface area contributed by atoms with E-state index in [1.165, 1.54) is 0 Å². The fraction of sp³-hybridized carbons (Fsp3) is 0.0833. The molecule has 122 valence electrons. The molecule has 0 bridgehead atoms. The van der Waals surface area contributed by atoms with Crippen molar-refractivity contribution < 1.29 is 31.5 Å². The maximum absolute atomic E-state index is 13.3. The van der Waals surface area contributed by atoms with Crippen LogP contribution in [0.4, 0.5) is 22.0 Å². The molecule has 0 saturated carbocycles. The molecular weight excluding hydrogens is 331 g/mol. The summed E-state index contributed by atoms with van der Waals surface area (Å²) in [6, 6.07) is 0.868. The van der Waals surface area contributed by atoms with Crippen LogP contribution in [0.3, 0.4) is 0 Å². The Hall–Kier alpha value is -2.98. The minimum absolute atomic E-state index is 0.300. The number of H-pyrrole nitrogens is 1. The fourth-order valence-corrected chi connectivity index (χ4v) is 1.55. The van der Waals surface area contributed by atoms with E-state index < -0.39 is 58.6 Å². The molecular formula is C12H5F5N2O4. The van der Waals surface area contributed by atoms with Gasteiger partial charge in [0.25, 0.3) is 5.56 Å². The monoisotopic (exact) mass is 336 g/mol. The molecule has 1 aromatic carbocycles. The highest BCUT2D eigenvalue weighted by Crippen LogP contribution is 2.29. The van der Waals surface area contributed by atoms with Crippen molar-refractivity contribution in [3.63, 3.8) is 0 Å². The average molecular weight is 336 g/mol. The molecule has 23 heavy (non-hydrogen) atoms. The van der Waals surface area contributed by atoms with Gasteiger partial charge in [0.2, 0.25) is 34.8 Å². The van der Waals surface area contributed by atoms with Gasteiger partial charge >= 0.3 is 11.7 Å². The van der Waals surface area contributed by atoms with Crippen molar-refractivity contribution in [2.45, 2.75) is 6.54 Å². The lowest BCUT2D eigenvalue weighted by molar-refractivity contribution is -0.135. The first-order valence-electron chi connectivity index (χ1n) is 5.74. The van der Waals surface area contributed by atoms with E-state index in [1.807, 2.05) is 4.98 Å². The van der Waals surface area contributed by atoms with E-state index in [1.54, 1.807) is 0 Å². The molecule has 2 rings (SSSR count). The van der Waals surface area contributed by atoms with Gasteiger partial charge in [-0.15, -0.1) is 0 Å². The van der Waals surface area contributed by atoms with E-state index in [2.05, 4.69) is 4.74 Å². The number of nitrogens with one attached hydrogen (secondary N) is 1. The molecule has 0 unspecified atom stereocenters. The Morgan fingerprint density at radius 2 is 1.52 bits per heavy atom. The van der Waals surface area contributed by atoms with E-state index in [4.69, 9.17) is 0 Å². The quantitative estimate of drug-likeness (QED) is 0.296. The minimum Gasteiger partial charge on any atom is -0.419 e. The Morgan fingerprint density at radius 1 is 1.00 bits per heavy atom. The van der Waals surface area contributed by atoms with Gasteiger partial charge in [-0.25, -0.2) is 27.3 Å². The van der Waals surface area contributed by atoms with Crippen molar-refractivity contribution in [1.29, 1.82) is 0 Å². The van der Waals surface area contributed by atoms with Crippen molar-refractivity contribution in [2.24, 2.45) is 0 Å². The molecule has 11 heteroatoms. The summed E-state index contributed by atoms with van der Waals surface area (Å²) < 4.78 is 69.7. The number of aromatic amines is 1. The lowest BCUT2D eigenvalue weighted by Gasteiger charge is -2.09. The second-order valence-corrected chi connectivity index (χ2v) is 4.08. The SMILES string of the molecule is O=C(Cn1c(=O)cc[nH]c1=O)Oc1c(F)c(F)c(F)c(F)c1F. The molecule has 0 atom stereocenters. The van der Waals surface area contributed by atoms with Crippen LogP contribution in [0.25, 0.3) is 0 Å². The molecule has 1 heterocycles. The molecule has 0 fully saturated rings. The Bertz CT molecular complexity index is 848. The minimum atomic E-state index is -2.42. The van der Waals surface area contributed by atoms with Crippen molar-refractivity contribution in [3.05, 3.63) is 62.2 Å². The molecule has 0 aliphatic rings. The summed E-state index contributed by atoms with van der Waals surface area (Å²) >= 11 is 0. The van der Waals surface area contributed by atoms with Gasteiger partial charge in [0.15, 0.2) is 0 Å². The number of aromatic nitrogens is 2. The third kappa shape index (κ3) is 2.98. The zero-order valence-electron chi connectivity index (χ0n) is 10.8. The molecule has 1 aromatic heterocycles. The van der Waals surface area contributed by atoms with Gasteiger partial charge in [-0.3, -0.25) is 4.79 Å². The molecule has 0 aliphatic heterocycles. The molecule has 2 aromatic rings. The Kier molecular flexibility index (Phi) is 4.29. The summed E-state index contributed by atoms with van der Waals surface area (Å²) in [5.41, 5.74) is -1.98. The largest absolute Gasteiger partial charge is 0.419 e. The number of esters is 1. The molecule has 6 nitrogen and oxygen atoms in total. The summed E-state index contributed by atoms with van der Waals surface area (Å²) in [6.07, 6.45) is 0.983. The summed E-state index contributed by atoms with van der Waals surface area (Å²) in [4.78, 5) is 36.2. The van der Waals surface area contributed by atoms with Crippen LogP contribution in [0.5, 0.6) is 5.75 Å². The zero-order valence-corrected chi connectivity index (χ0v) is 10.8. The number of carbonyl (C=O) groups is 1. The number of benzene rings is 1. The molecule has 0 aliphatic carbocycles. The first-order valence-corrected chi connectivity index (χ1v) is 5.74. The highest BCUT2D eigenvalue weighted by atomic mass is 19.2. The van der Waals surface area contributed by atoms with Crippen molar-refractivity contribution in [3.8, 4) is 5.75 Å². The fourth-order valence-electron chi connectivity index (χ4n) is 1.55. The van der Waals surface area contributed by atoms with Crippen molar-refractivity contribution >= 4 is 5.97 Å². The van der Waals surface area contributed by atoms with Crippen LogP contribution >= 0.6 is 0 Å². The van der Waals surface area contributed by atoms with Gasteiger partial charge in [-0.1, -0.05) is 0 Å². The molecule has 0 radical (unpaired) electrons. The van der Waals surface area contributed by atoms with E-state index in [0.717, 1.165) is 12.3 Å². The number of hydrogen-bond donors (Lipinski definition) is 1. The van der Waals surface area contributed by atoms with Gasteiger partial charge < -0.3 is 9.72 Å². The predicted octanol–water partition coefficient (Wildman–Crippen LogP) is 0.838. The van der Waals surface area contributed by atoms with Crippen LogP contribution in [0.15, 0.2) is 21.9 Å². The normalized spacial score (nSPS) is 10.7. The average Bonchev–Trinajstić information content (AvgIpc) is 2.51. The third-order valence-corrected chi connectivity index (χ3v) is 2.62. The van der Waals surface area contributed by atoms with Crippen molar-refractivity contribution in [2.75, 3.05) is 0 Å². The summed E-state index contributed by atoms with van der Waals surface area (Å²) in [5.74, 6) is -15.2. The van der Waals surface area contributed by atoms with Crippen LogP contribution < -0.4 is 16.0 Å². The van der Waals surface area contributed by atoms with E-state index in [9.17, 15) is 36.3 Å².